The van der Waals surface area contributed by atoms with Gasteiger partial charge in [0, 0.05) is 11.4 Å². The lowest BCUT2D eigenvalue weighted by Gasteiger charge is -2.07. The van der Waals surface area contributed by atoms with E-state index in [9.17, 15) is 9.18 Å². The first-order valence-corrected chi connectivity index (χ1v) is 5.61. The first kappa shape index (κ1) is 13.5. The highest BCUT2D eigenvalue weighted by molar-refractivity contribution is 6.05. The number of rotatable bonds is 3. The van der Waals surface area contributed by atoms with Gasteiger partial charge in [-0.25, -0.2) is 4.39 Å². The number of halogens is 1. The average Bonchev–Trinajstić information content (AvgIpc) is 2.86. The Morgan fingerprint density at radius 2 is 2.25 bits per heavy atom. The number of hydrogen-bond donors (Lipinski definition) is 4. The second kappa shape index (κ2) is 5.39. The maximum absolute atomic E-state index is 13.5. The summed E-state index contributed by atoms with van der Waals surface area (Å²) in [5.41, 5.74) is 6.55. The summed E-state index contributed by atoms with van der Waals surface area (Å²) in [4.78, 5) is 12.0. The molecule has 0 atom stereocenters. The van der Waals surface area contributed by atoms with Gasteiger partial charge in [-0.15, -0.1) is 0 Å². The number of aromatic nitrogens is 2. The molecular formula is C12H12FN5O2. The van der Waals surface area contributed by atoms with Gasteiger partial charge in [0.1, 0.15) is 5.82 Å². The van der Waals surface area contributed by atoms with E-state index in [0.717, 1.165) is 6.07 Å². The normalized spacial score (nSPS) is 11.4. The predicted octanol–water partition coefficient (Wildman–Crippen LogP) is 1.20. The minimum absolute atomic E-state index is 0.103. The summed E-state index contributed by atoms with van der Waals surface area (Å²) < 4.78 is 13.5. The summed E-state index contributed by atoms with van der Waals surface area (Å²) in [6, 6.07) is 3.76. The number of nitrogens with one attached hydrogen (secondary N) is 2. The second-order valence-electron chi connectivity index (χ2n) is 4.04. The van der Waals surface area contributed by atoms with Crippen LogP contribution in [0.2, 0.25) is 0 Å². The number of oxime groups is 1. The summed E-state index contributed by atoms with van der Waals surface area (Å²) >= 11 is 0. The van der Waals surface area contributed by atoms with E-state index in [-0.39, 0.29) is 11.4 Å². The lowest BCUT2D eigenvalue weighted by Crippen LogP contribution is -2.17. The van der Waals surface area contributed by atoms with Crippen LogP contribution in [0.4, 0.5) is 10.1 Å². The molecule has 0 aliphatic heterocycles. The van der Waals surface area contributed by atoms with Gasteiger partial charge in [0.15, 0.2) is 5.84 Å². The maximum atomic E-state index is 13.5. The summed E-state index contributed by atoms with van der Waals surface area (Å²) in [6.45, 7) is 1.70. The first-order chi connectivity index (χ1) is 9.52. The zero-order valence-electron chi connectivity index (χ0n) is 10.5. The van der Waals surface area contributed by atoms with Crippen LogP contribution in [0.3, 0.4) is 0 Å². The molecule has 20 heavy (non-hydrogen) atoms. The van der Waals surface area contributed by atoms with Crippen LogP contribution < -0.4 is 11.1 Å². The molecule has 1 amide bonds. The topological polar surface area (TPSA) is 116 Å². The van der Waals surface area contributed by atoms with Gasteiger partial charge in [0.2, 0.25) is 0 Å². The highest BCUT2D eigenvalue weighted by atomic mass is 19.1. The van der Waals surface area contributed by atoms with Crippen molar-refractivity contribution in [2.45, 2.75) is 6.92 Å². The van der Waals surface area contributed by atoms with Crippen molar-refractivity contribution < 1.29 is 14.4 Å². The van der Waals surface area contributed by atoms with Gasteiger partial charge in [-0.05, 0) is 25.1 Å². The summed E-state index contributed by atoms with van der Waals surface area (Å²) in [7, 11) is 0. The van der Waals surface area contributed by atoms with Crippen LogP contribution in [-0.2, 0) is 0 Å². The smallest absolute Gasteiger partial charge is 0.259 e. The molecule has 1 heterocycles. The minimum Gasteiger partial charge on any atom is -0.409 e. The number of benzene rings is 1. The predicted molar refractivity (Wildman–Crippen MR) is 70.2 cm³/mol. The maximum Gasteiger partial charge on any atom is 0.259 e. The number of nitrogens with zero attached hydrogens (tertiary/aromatic N) is 2. The number of nitrogens with two attached hydrogens (primary N) is 1. The van der Waals surface area contributed by atoms with Crippen molar-refractivity contribution in [3.05, 3.63) is 47.0 Å². The van der Waals surface area contributed by atoms with Crippen molar-refractivity contribution in [3.8, 4) is 0 Å². The fourth-order valence-electron chi connectivity index (χ4n) is 1.63. The van der Waals surface area contributed by atoms with Crippen LogP contribution in [-0.4, -0.2) is 27.1 Å². The molecule has 0 unspecified atom stereocenters. The van der Waals surface area contributed by atoms with Crippen molar-refractivity contribution in [2.75, 3.05) is 5.32 Å². The van der Waals surface area contributed by atoms with E-state index < -0.39 is 11.7 Å². The Bertz CT molecular complexity index is 680. The standard InChI is InChI=1S/C12H12FN5O2/c1-6-9(5-15-17-6)12(19)16-7-2-3-10(13)8(4-7)11(14)18-20/h2-5,20H,1H3,(H2,14,18)(H,15,17)(H,16,19). The highest BCUT2D eigenvalue weighted by Gasteiger charge is 2.13. The van der Waals surface area contributed by atoms with Crippen LogP contribution in [0, 0.1) is 12.7 Å². The van der Waals surface area contributed by atoms with Crippen molar-refractivity contribution in [1.82, 2.24) is 10.2 Å². The molecule has 0 saturated heterocycles. The van der Waals surface area contributed by atoms with Crippen molar-refractivity contribution in [1.29, 1.82) is 0 Å². The summed E-state index contributed by atoms with van der Waals surface area (Å²) in [5, 5.41) is 20.3. The van der Waals surface area contributed by atoms with E-state index in [4.69, 9.17) is 10.9 Å². The molecule has 0 aliphatic carbocycles. The number of carbonyl (C=O) groups excluding carboxylic acids is 1. The summed E-state index contributed by atoms with van der Waals surface area (Å²) in [6.07, 6.45) is 1.39. The largest absolute Gasteiger partial charge is 0.409 e. The molecule has 1 aromatic carbocycles. The number of amides is 1. The third kappa shape index (κ3) is 2.58. The van der Waals surface area contributed by atoms with Crippen LogP contribution in [0.25, 0.3) is 0 Å². The Hall–Kier alpha value is -2.90. The van der Waals surface area contributed by atoms with E-state index in [0.29, 0.717) is 16.9 Å². The van der Waals surface area contributed by atoms with Gasteiger partial charge in [-0.1, -0.05) is 5.16 Å². The third-order valence-electron chi connectivity index (χ3n) is 2.68. The zero-order valence-corrected chi connectivity index (χ0v) is 10.5. The lowest BCUT2D eigenvalue weighted by atomic mass is 10.1. The van der Waals surface area contributed by atoms with Gasteiger partial charge in [-0.3, -0.25) is 9.89 Å². The monoisotopic (exact) mass is 277 g/mol. The summed E-state index contributed by atoms with van der Waals surface area (Å²) in [5.74, 6) is -1.43. The van der Waals surface area contributed by atoms with E-state index in [1.165, 1.54) is 18.3 Å². The van der Waals surface area contributed by atoms with Crippen molar-refractivity contribution in [3.63, 3.8) is 0 Å². The molecule has 0 aliphatic rings. The Balaban J connectivity index is 2.27. The van der Waals surface area contributed by atoms with Crippen LogP contribution in [0.1, 0.15) is 21.6 Å². The average molecular weight is 277 g/mol. The fourth-order valence-corrected chi connectivity index (χ4v) is 1.63. The fraction of sp³-hybridized carbons (Fsp3) is 0.0833. The van der Waals surface area contributed by atoms with E-state index in [1.54, 1.807) is 6.92 Å². The van der Waals surface area contributed by atoms with Crippen LogP contribution in [0.5, 0.6) is 0 Å². The molecule has 0 saturated carbocycles. The Labute approximate surface area is 113 Å². The van der Waals surface area contributed by atoms with Gasteiger partial charge in [-0.2, -0.15) is 5.10 Å². The number of hydrogen-bond acceptors (Lipinski definition) is 4. The first-order valence-electron chi connectivity index (χ1n) is 5.61. The van der Waals surface area contributed by atoms with Crippen molar-refractivity contribution >= 4 is 17.4 Å². The zero-order chi connectivity index (χ0) is 14.7. The minimum atomic E-state index is -0.655. The van der Waals surface area contributed by atoms with Crippen LogP contribution in [0.15, 0.2) is 29.6 Å². The Kier molecular flexibility index (Phi) is 3.65. The molecular weight excluding hydrogens is 265 g/mol. The van der Waals surface area contributed by atoms with E-state index in [1.807, 2.05) is 0 Å². The third-order valence-corrected chi connectivity index (χ3v) is 2.68. The molecule has 0 radical (unpaired) electrons. The molecule has 5 N–H and O–H groups in total. The number of H-pyrrole nitrogens is 1. The van der Waals surface area contributed by atoms with Gasteiger partial charge >= 0.3 is 0 Å². The second-order valence-corrected chi connectivity index (χ2v) is 4.04. The lowest BCUT2D eigenvalue weighted by molar-refractivity contribution is 0.102. The van der Waals surface area contributed by atoms with Crippen LogP contribution >= 0.6 is 0 Å². The van der Waals surface area contributed by atoms with E-state index >= 15 is 0 Å². The Morgan fingerprint density at radius 3 is 2.85 bits per heavy atom. The molecule has 2 rings (SSSR count). The molecule has 0 spiro atoms. The number of amidine groups is 1. The van der Waals surface area contributed by atoms with Gasteiger partial charge in [0.25, 0.3) is 5.91 Å². The molecule has 7 nitrogen and oxygen atoms in total. The molecule has 0 bridgehead atoms. The SMILES string of the molecule is Cc1[nH]ncc1C(=O)Nc1ccc(F)c(C(N)=NO)c1. The van der Waals surface area contributed by atoms with Crippen molar-refractivity contribution in [2.24, 2.45) is 10.9 Å². The highest BCUT2D eigenvalue weighted by Crippen LogP contribution is 2.16. The number of aromatic amines is 1. The quantitative estimate of drug-likeness (QED) is 0.292. The number of anilines is 1. The molecule has 8 heteroatoms. The van der Waals surface area contributed by atoms with E-state index in [2.05, 4.69) is 20.7 Å². The molecule has 104 valence electrons. The number of carbonyl (C=O) groups is 1. The Morgan fingerprint density at radius 1 is 1.50 bits per heavy atom. The van der Waals surface area contributed by atoms with Gasteiger partial charge < -0.3 is 16.3 Å². The molecule has 2 aromatic rings. The van der Waals surface area contributed by atoms with Gasteiger partial charge in [0.05, 0.1) is 17.3 Å². The number of aryl methyl sites for hydroxylation is 1. The molecule has 1 aromatic heterocycles. The molecule has 0 fully saturated rings.